The summed E-state index contributed by atoms with van der Waals surface area (Å²) in [6.07, 6.45) is -0.885. The molecule has 2 amide bonds. The summed E-state index contributed by atoms with van der Waals surface area (Å²) in [5, 5.41) is 2.82. The number of nitrogens with zero attached hydrogens (tertiary/aromatic N) is 1. The third-order valence-corrected chi connectivity index (χ3v) is 16.4. The Kier molecular flexibility index (Phi) is 23.2. The van der Waals surface area contributed by atoms with Gasteiger partial charge in [0.1, 0.15) is 37.5 Å². The number of rotatable bonds is 26. The molecule has 0 spiro atoms. The van der Waals surface area contributed by atoms with Crippen LogP contribution in [0.25, 0.3) is 0 Å². The molecule has 13 heteroatoms. The van der Waals surface area contributed by atoms with Crippen LogP contribution < -0.4 is 5.32 Å². The smallest absolute Gasteiger partial charge is 0.410 e. The molecule has 1 aromatic carbocycles. The van der Waals surface area contributed by atoms with E-state index in [9.17, 15) is 19.2 Å². The minimum Gasteiger partial charge on any atom is -0.459 e. The van der Waals surface area contributed by atoms with E-state index in [1.165, 1.54) is 7.11 Å². The number of carbonyl (C=O) groups excluding carboxylic acids is 4. The molecule has 328 valence electrons. The molecule has 0 fully saturated rings. The number of aldehydes is 1. The SMILES string of the molecule is COCO[C@@H]([C@H](C)C=O)[C@@H](OC(=O)C[C@H](O[Si](C(C)C)(C(C)C)C(C)C)[C@@H](CC(C)C)N(CCCCNC(=O)OCc1ccccc1)C(=O)OC(C)(C)C)C(C)C. The maximum absolute atomic E-state index is 14.3. The highest BCUT2D eigenvalue weighted by molar-refractivity contribution is 6.77. The molecular formula is C44H78N2O10Si. The van der Waals surface area contributed by atoms with E-state index in [0.29, 0.717) is 32.4 Å². The second kappa shape index (κ2) is 25.5. The summed E-state index contributed by atoms with van der Waals surface area (Å²) in [4.78, 5) is 54.8. The number of hydrogen-bond donors (Lipinski definition) is 1. The Morgan fingerprint density at radius 2 is 1.46 bits per heavy atom. The standard InChI is InChI=1S/C44H78N2O10Si/c1-30(2)25-37(46(43(50)55-44(12,13)14)24-20-19-23-45-42(49)52-28-36-21-17-16-18-22-36)38(56-57(32(5)6,33(7)8)34(9)10)26-39(48)54-40(31(3)4)41(35(11)27-47)53-29-51-15/h16-18,21-22,27,30-35,37-38,40-41H,19-20,23-26,28-29H2,1-15H3,(H,45,49)/t35-,37-,38+,40+,41+/m1/s1. The second-order valence-electron chi connectivity index (χ2n) is 18.0. The molecule has 57 heavy (non-hydrogen) atoms. The summed E-state index contributed by atoms with van der Waals surface area (Å²) in [7, 11) is -1.15. The van der Waals surface area contributed by atoms with Gasteiger partial charge in [0.05, 0.1) is 18.6 Å². The van der Waals surface area contributed by atoms with Crippen LogP contribution in [0.15, 0.2) is 30.3 Å². The van der Waals surface area contributed by atoms with Crippen molar-refractivity contribution in [2.75, 3.05) is 27.0 Å². The van der Waals surface area contributed by atoms with Gasteiger partial charge in [-0.25, -0.2) is 9.59 Å². The lowest BCUT2D eigenvalue weighted by Crippen LogP contribution is -2.57. The Balaban J connectivity index is 3.63. The fraction of sp³-hybridized carbons (Fsp3) is 0.773. The highest BCUT2D eigenvalue weighted by Crippen LogP contribution is 2.44. The van der Waals surface area contributed by atoms with E-state index in [1.54, 1.807) is 11.8 Å². The van der Waals surface area contributed by atoms with E-state index in [4.69, 9.17) is 28.1 Å². The van der Waals surface area contributed by atoms with Crippen LogP contribution in [0.5, 0.6) is 0 Å². The van der Waals surface area contributed by atoms with Gasteiger partial charge in [0.15, 0.2) is 0 Å². The van der Waals surface area contributed by atoms with E-state index in [2.05, 4.69) is 60.7 Å². The summed E-state index contributed by atoms with van der Waals surface area (Å²) in [5.41, 5.74) is 0.707. The highest BCUT2D eigenvalue weighted by Gasteiger charge is 2.49. The summed E-state index contributed by atoms with van der Waals surface area (Å²) < 4.78 is 36.2. The Hall–Kier alpha value is -3.00. The number of methoxy groups -OCH3 is 1. The summed E-state index contributed by atoms with van der Waals surface area (Å²) in [6.45, 7) is 29.2. The summed E-state index contributed by atoms with van der Waals surface area (Å²) in [5.74, 6) is -1.12. The normalized spacial score (nSPS) is 15.0. The number of esters is 1. The lowest BCUT2D eigenvalue weighted by atomic mass is 9.93. The van der Waals surface area contributed by atoms with Crippen LogP contribution in [0.3, 0.4) is 0 Å². The highest BCUT2D eigenvalue weighted by atomic mass is 28.4. The molecule has 0 bridgehead atoms. The van der Waals surface area contributed by atoms with Crippen LogP contribution in [0.2, 0.25) is 16.6 Å². The van der Waals surface area contributed by atoms with Crippen LogP contribution in [-0.4, -0.2) is 94.6 Å². The number of amides is 2. The van der Waals surface area contributed by atoms with E-state index < -0.39 is 62.3 Å². The molecule has 0 aliphatic rings. The van der Waals surface area contributed by atoms with Crippen LogP contribution in [0, 0.1) is 17.8 Å². The van der Waals surface area contributed by atoms with E-state index >= 15 is 0 Å². The zero-order valence-corrected chi connectivity index (χ0v) is 38.9. The van der Waals surface area contributed by atoms with E-state index in [-0.39, 0.29) is 48.3 Å². The average Bonchev–Trinajstić information content (AvgIpc) is 3.11. The van der Waals surface area contributed by atoms with Crippen molar-refractivity contribution in [1.29, 1.82) is 0 Å². The number of alkyl carbamates (subject to hydrolysis) is 1. The van der Waals surface area contributed by atoms with Gasteiger partial charge in [-0.2, -0.15) is 0 Å². The van der Waals surface area contributed by atoms with Gasteiger partial charge in [0.2, 0.25) is 8.32 Å². The third-order valence-electron chi connectivity index (χ3n) is 10.3. The van der Waals surface area contributed by atoms with Crippen molar-refractivity contribution in [3.8, 4) is 0 Å². The molecule has 0 aromatic heterocycles. The van der Waals surface area contributed by atoms with Gasteiger partial charge in [-0.3, -0.25) is 4.79 Å². The van der Waals surface area contributed by atoms with Gasteiger partial charge < -0.3 is 43.1 Å². The first-order valence-corrected chi connectivity index (χ1v) is 23.1. The molecular weight excluding hydrogens is 745 g/mol. The van der Waals surface area contributed by atoms with Gasteiger partial charge in [-0.05, 0) is 74.1 Å². The Morgan fingerprint density at radius 1 is 0.860 bits per heavy atom. The fourth-order valence-electron chi connectivity index (χ4n) is 7.69. The second-order valence-corrected chi connectivity index (χ2v) is 23.4. The predicted molar refractivity (Wildman–Crippen MR) is 227 cm³/mol. The van der Waals surface area contributed by atoms with Crippen molar-refractivity contribution in [3.05, 3.63) is 35.9 Å². The maximum Gasteiger partial charge on any atom is 0.410 e. The van der Waals surface area contributed by atoms with Crippen molar-refractivity contribution < 1.29 is 47.3 Å². The quantitative estimate of drug-likeness (QED) is 0.0240. The number of benzene rings is 1. The minimum atomic E-state index is -2.65. The summed E-state index contributed by atoms with van der Waals surface area (Å²) in [6, 6.07) is 8.92. The Labute approximate surface area is 345 Å². The molecule has 12 nitrogen and oxygen atoms in total. The van der Waals surface area contributed by atoms with Crippen molar-refractivity contribution >= 4 is 32.8 Å². The summed E-state index contributed by atoms with van der Waals surface area (Å²) >= 11 is 0. The number of nitrogens with one attached hydrogen (secondary N) is 1. The van der Waals surface area contributed by atoms with Crippen LogP contribution in [-0.2, 0) is 44.3 Å². The molecule has 1 rings (SSSR count). The largest absolute Gasteiger partial charge is 0.459 e. The van der Waals surface area contributed by atoms with E-state index in [1.807, 2.05) is 65.0 Å². The van der Waals surface area contributed by atoms with Gasteiger partial charge in [0, 0.05) is 26.1 Å². The van der Waals surface area contributed by atoms with Crippen molar-refractivity contribution in [3.63, 3.8) is 0 Å². The number of unbranched alkanes of at least 4 members (excludes halogenated alkanes) is 1. The minimum absolute atomic E-state index is 0.0632. The third kappa shape index (κ3) is 17.8. The number of ether oxygens (including phenoxy) is 5. The zero-order valence-electron chi connectivity index (χ0n) is 37.9. The monoisotopic (exact) mass is 823 g/mol. The molecule has 1 aromatic rings. The van der Waals surface area contributed by atoms with Gasteiger partial charge in [-0.15, -0.1) is 0 Å². The Morgan fingerprint density at radius 3 is 1.95 bits per heavy atom. The van der Waals surface area contributed by atoms with Crippen LogP contribution in [0.1, 0.15) is 128 Å². The van der Waals surface area contributed by atoms with E-state index in [0.717, 1.165) is 11.8 Å². The first-order valence-electron chi connectivity index (χ1n) is 21.0. The Bertz CT molecular complexity index is 1300. The topological polar surface area (TPSA) is 139 Å². The molecule has 0 unspecified atom stereocenters. The lowest BCUT2D eigenvalue weighted by Gasteiger charge is -2.48. The van der Waals surface area contributed by atoms with Gasteiger partial charge in [-0.1, -0.05) is 106 Å². The van der Waals surface area contributed by atoms with Gasteiger partial charge in [0.25, 0.3) is 0 Å². The lowest BCUT2D eigenvalue weighted by molar-refractivity contribution is -0.179. The molecule has 0 aliphatic heterocycles. The predicted octanol–water partition coefficient (Wildman–Crippen LogP) is 9.69. The van der Waals surface area contributed by atoms with Gasteiger partial charge >= 0.3 is 18.2 Å². The van der Waals surface area contributed by atoms with Crippen molar-refractivity contribution in [2.24, 2.45) is 17.8 Å². The van der Waals surface area contributed by atoms with Crippen molar-refractivity contribution in [1.82, 2.24) is 10.2 Å². The number of carbonyl (C=O) groups is 4. The molecule has 0 saturated carbocycles. The fourth-order valence-corrected chi connectivity index (χ4v) is 13.3. The molecule has 0 radical (unpaired) electrons. The molecule has 1 N–H and O–H groups in total. The first kappa shape index (κ1) is 52.0. The zero-order chi connectivity index (χ0) is 43.5. The molecule has 0 saturated heterocycles. The van der Waals surface area contributed by atoms with Crippen molar-refractivity contribution in [2.45, 2.75) is 176 Å². The molecule has 5 atom stereocenters. The molecule has 0 heterocycles. The first-order chi connectivity index (χ1) is 26.6. The molecule has 0 aliphatic carbocycles. The maximum atomic E-state index is 14.3. The average molecular weight is 823 g/mol. The number of hydrogen-bond acceptors (Lipinski definition) is 10. The van der Waals surface area contributed by atoms with Crippen LogP contribution >= 0.6 is 0 Å². The van der Waals surface area contributed by atoms with Crippen LogP contribution in [0.4, 0.5) is 9.59 Å².